The number of hydrogen-bond acceptors (Lipinski definition) is 8. The van der Waals surface area contributed by atoms with Crippen molar-refractivity contribution in [3.8, 4) is 10.7 Å². The van der Waals surface area contributed by atoms with Gasteiger partial charge in [-0.1, -0.05) is 23.5 Å². The fraction of sp³-hybridized carbons (Fsp3) is 0.389. The van der Waals surface area contributed by atoms with Crippen molar-refractivity contribution >= 4 is 28.1 Å². The Balaban J connectivity index is 1.47. The number of rotatable bonds is 5. The average Bonchev–Trinajstić information content (AvgIpc) is 3.31. The molecule has 0 bridgehead atoms. The average molecular weight is 453 g/mol. The Bertz CT molecular complexity index is 1070. The maximum Gasteiger partial charge on any atom is 0.418 e. The van der Waals surface area contributed by atoms with E-state index in [0.717, 1.165) is 10.9 Å². The Morgan fingerprint density at radius 1 is 1.13 bits per heavy atom. The maximum absolute atomic E-state index is 13.4. The quantitative estimate of drug-likeness (QED) is 0.629. The summed E-state index contributed by atoms with van der Waals surface area (Å²) in [5.74, 6) is -0.796. The number of tetrazole rings is 1. The number of hydrogen-bond donors (Lipinski definition) is 1. The number of carboxylic acids is 1. The first-order chi connectivity index (χ1) is 14.8. The number of thiazole rings is 1. The van der Waals surface area contributed by atoms with Gasteiger partial charge >= 0.3 is 12.1 Å². The molecule has 0 unspecified atom stereocenters. The number of nitrogens with zero attached hydrogens (tertiary/aromatic N) is 7. The summed E-state index contributed by atoms with van der Waals surface area (Å²) in [4.78, 5) is 20.5. The fourth-order valence-electron chi connectivity index (χ4n) is 3.38. The number of carbonyl (C=O) groups is 1. The second-order valence-corrected chi connectivity index (χ2v) is 7.90. The van der Waals surface area contributed by atoms with Gasteiger partial charge < -0.3 is 14.9 Å². The van der Waals surface area contributed by atoms with Gasteiger partial charge in [0.15, 0.2) is 11.7 Å². The first-order valence-electron chi connectivity index (χ1n) is 9.43. The van der Waals surface area contributed by atoms with Gasteiger partial charge in [-0.05, 0) is 23.8 Å². The van der Waals surface area contributed by atoms with E-state index in [1.807, 2.05) is 4.90 Å². The molecule has 0 aliphatic carbocycles. The molecule has 9 nitrogen and oxygen atoms in total. The number of para-hydroxylation sites is 1. The normalized spacial score (nSPS) is 15.2. The zero-order chi connectivity index (χ0) is 22.0. The predicted molar refractivity (Wildman–Crippen MR) is 107 cm³/mol. The Morgan fingerprint density at radius 2 is 1.87 bits per heavy atom. The van der Waals surface area contributed by atoms with Crippen molar-refractivity contribution in [3.63, 3.8) is 0 Å². The standard InChI is InChI=1S/C18H18F3N7O2S/c19-18(20,21)12-4-1-2-5-13(12)26-6-3-7-27(9-8-26)17-22-10-14(31-17)16-23-25-28(24-16)11-15(29)30/h1-2,4-5,10H,3,6-9,11H2,(H,29,30). The van der Waals surface area contributed by atoms with Gasteiger partial charge in [-0.2, -0.15) is 18.0 Å². The second kappa shape index (κ2) is 8.49. The molecular weight excluding hydrogens is 435 g/mol. The van der Waals surface area contributed by atoms with Crippen LogP contribution in [0.15, 0.2) is 30.5 Å². The molecule has 0 amide bonds. The van der Waals surface area contributed by atoms with E-state index in [1.54, 1.807) is 17.2 Å². The highest BCUT2D eigenvalue weighted by molar-refractivity contribution is 7.18. The first-order valence-corrected chi connectivity index (χ1v) is 10.2. The SMILES string of the molecule is O=C(O)Cn1nnc(-c2cnc(N3CCCN(c4ccccc4C(F)(F)F)CC3)s2)n1. The lowest BCUT2D eigenvalue weighted by molar-refractivity contribution is -0.138. The lowest BCUT2D eigenvalue weighted by atomic mass is 10.1. The molecule has 0 saturated carbocycles. The fourth-order valence-corrected chi connectivity index (χ4v) is 4.28. The molecule has 0 atom stereocenters. The van der Waals surface area contributed by atoms with Crippen LogP contribution in [0.2, 0.25) is 0 Å². The number of benzene rings is 1. The number of aliphatic carboxylic acids is 1. The third-order valence-corrected chi connectivity index (χ3v) is 5.81. The maximum atomic E-state index is 13.4. The smallest absolute Gasteiger partial charge is 0.418 e. The summed E-state index contributed by atoms with van der Waals surface area (Å²) < 4.78 is 40.2. The molecular formula is C18H18F3N7O2S. The zero-order valence-electron chi connectivity index (χ0n) is 16.2. The zero-order valence-corrected chi connectivity index (χ0v) is 17.0. The van der Waals surface area contributed by atoms with E-state index in [9.17, 15) is 18.0 Å². The molecule has 1 saturated heterocycles. The summed E-state index contributed by atoms with van der Waals surface area (Å²) >= 11 is 1.33. The minimum atomic E-state index is -4.40. The van der Waals surface area contributed by atoms with Gasteiger partial charge in [-0.25, -0.2) is 4.98 Å². The van der Waals surface area contributed by atoms with Crippen molar-refractivity contribution < 1.29 is 23.1 Å². The Labute approximate surface area is 178 Å². The molecule has 4 rings (SSSR count). The highest BCUT2D eigenvalue weighted by Gasteiger charge is 2.35. The highest BCUT2D eigenvalue weighted by Crippen LogP contribution is 2.37. The molecule has 2 aromatic heterocycles. The van der Waals surface area contributed by atoms with E-state index in [0.29, 0.717) is 42.6 Å². The van der Waals surface area contributed by atoms with Crippen LogP contribution in [0.4, 0.5) is 24.0 Å². The van der Waals surface area contributed by atoms with Gasteiger partial charge in [0, 0.05) is 31.9 Å². The van der Waals surface area contributed by atoms with Crippen molar-refractivity contribution in [2.75, 3.05) is 36.0 Å². The van der Waals surface area contributed by atoms with Crippen molar-refractivity contribution in [2.45, 2.75) is 19.1 Å². The molecule has 3 aromatic rings. The molecule has 13 heteroatoms. The Hall–Kier alpha value is -3.22. The minimum Gasteiger partial charge on any atom is -0.480 e. The van der Waals surface area contributed by atoms with Gasteiger partial charge in [-0.3, -0.25) is 4.79 Å². The van der Waals surface area contributed by atoms with Crippen LogP contribution in [-0.2, 0) is 17.5 Å². The molecule has 1 aliphatic heterocycles. The summed E-state index contributed by atoms with van der Waals surface area (Å²) in [6.45, 7) is 1.71. The number of halogens is 3. The van der Waals surface area contributed by atoms with Gasteiger partial charge in [0.05, 0.1) is 16.6 Å². The lowest BCUT2D eigenvalue weighted by Crippen LogP contribution is -2.31. The predicted octanol–water partition coefficient (Wildman–Crippen LogP) is 2.62. The van der Waals surface area contributed by atoms with Crippen LogP contribution in [0.25, 0.3) is 10.7 Å². The third-order valence-electron chi connectivity index (χ3n) is 4.76. The molecule has 31 heavy (non-hydrogen) atoms. The summed E-state index contributed by atoms with van der Waals surface area (Å²) in [5, 5.41) is 21.1. The van der Waals surface area contributed by atoms with Crippen LogP contribution in [0, 0.1) is 0 Å². The van der Waals surface area contributed by atoms with Gasteiger partial charge in [0.1, 0.15) is 0 Å². The molecule has 3 heterocycles. The highest BCUT2D eigenvalue weighted by atomic mass is 32.1. The van der Waals surface area contributed by atoms with Crippen LogP contribution in [0.1, 0.15) is 12.0 Å². The molecule has 0 spiro atoms. The molecule has 1 aromatic carbocycles. The summed E-state index contributed by atoms with van der Waals surface area (Å²) in [6, 6.07) is 5.63. The van der Waals surface area contributed by atoms with E-state index in [4.69, 9.17) is 5.11 Å². The van der Waals surface area contributed by atoms with E-state index < -0.39 is 17.7 Å². The summed E-state index contributed by atoms with van der Waals surface area (Å²) in [5.41, 5.74) is -0.438. The van der Waals surface area contributed by atoms with Crippen molar-refractivity contribution in [1.82, 2.24) is 25.2 Å². The van der Waals surface area contributed by atoms with Crippen molar-refractivity contribution in [3.05, 3.63) is 36.0 Å². The van der Waals surface area contributed by atoms with E-state index in [-0.39, 0.29) is 18.1 Å². The minimum absolute atomic E-state index is 0.191. The van der Waals surface area contributed by atoms with Crippen LogP contribution >= 0.6 is 11.3 Å². The molecule has 1 aliphatic rings. The van der Waals surface area contributed by atoms with Gasteiger partial charge in [0.25, 0.3) is 0 Å². The van der Waals surface area contributed by atoms with E-state index in [1.165, 1.54) is 23.5 Å². The van der Waals surface area contributed by atoms with E-state index >= 15 is 0 Å². The van der Waals surface area contributed by atoms with Gasteiger partial charge in [-0.15, -0.1) is 10.2 Å². The number of alkyl halides is 3. The second-order valence-electron chi connectivity index (χ2n) is 6.89. The lowest BCUT2D eigenvalue weighted by Gasteiger charge is -2.26. The monoisotopic (exact) mass is 453 g/mol. The molecule has 164 valence electrons. The largest absolute Gasteiger partial charge is 0.480 e. The van der Waals surface area contributed by atoms with E-state index in [2.05, 4.69) is 20.4 Å². The number of aromatic nitrogens is 5. The van der Waals surface area contributed by atoms with Crippen molar-refractivity contribution in [1.29, 1.82) is 0 Å². The Morgan fingerprint density at radius 3 is 2.65 bits per heavy atom. The first kappa shape index (κ1) is 21.0. The molecule has 1 N–H and O–H groups in total. The van der Waals surface area contributed by atoms with Crippen LogP contribution in [0.5, 0.6) is 0 Å². The van der Waals surface area contributed by atoms with Gasteiger partial charge in [0.2, 0.25) is 5.82 Å². The Kier molecular flexibility index (Phi) is 5.76. The number of anilines is 2. The van der Waals surface area contributed by atoms with Crippen molar-refractivity contribution in [2.24, 2.45) is 0 Å². The molecule has 1 fully saturated rings. The van der Waals surface area contributed by atoms with Crippen LogP contribution < -0.4 is 9.80 Å². The molecule has 0 radical (unpaired) electrons. The van der Waals surface area contributed by atoms with Crippen LogP contribution in [-0.4, -0.2) is 62.4 Å². The summed E-state index contributed by atoms with van der Waals surface area (Å²) in [7, 11) is 0. The topological polar surface area (TPSA) is 100 Å². The summed E-state index contributed by atoms with van der Waals surface area (Å²) in [6.07, 6.45) is -2.14. The third kappa shape index (κ3) is 4.76. The van der Waals surface area contributed by atoms with Crippen LogP contribution in [0.3, 0.4) is 0 Å². The number of carboxylic acid groups (broad SMARTS) is 1.